The lowest BCUT2D eigenvalue weighted by atomic mass is 10.1. The summed E-state index contributed by atoms with van der Waals surface area (Å²) in [5.74, 6) is -0.504. The van der Waals surface area contributed by atoms with E-state index in [0.29, 0.717) is 24.0 Å². The summed E-state index contributed by atoms with van der Waals surface area (Å²) in [6, 6.07) is 12.2. The topological polar surface area (TPSA) is 82.9 Å². The van der Waals surface area contributed by atoms with Crippen LogP contribution in [0.25, 0.3) is 22.0 Å². The van der Waals surface area contributed by atoms with E-state index in [1.165, 1.54) is 30.5 Å². The van der Waals surface area contributed by atoms with E-state index in [-0.39, 0.29) is 22.8 Å². The summed E-state index contributed by atoms with van der Waals surface area (Å²) in [5.41, 5.74) is 7.23. The Hall–Kier alpha value is -2.68. The molecule has 28 heavy (non-hydrogen) atoms. The minimum Gasteiger partial charge on any atom is -0.329 e. The SMILES string of the molecule is Cl.NCCn1cc(-c2cn(S(=O)(=O)c3ccccc3)c3cc(F)ccc23)cn1. The van der Waals surface area contributed by atoms with Gasteiger partial charge in [-0.15, -0.1) is 12.4 Å². The van der Waals surface area contributed by atoms with Crippen molar-refractivity contribution >= 4 is 33.3 Å². The van der Waals surface area contributed by atoms with Crippen molar-refractivity contribution in [1.82, 2.24) is 13.8 Å². The molecule has 0 bridgehead atoms. The van der Waals surface area contributed by atoms with E-state index in [2.05, 4.69) is 5.10 Å². The second-order valence-corrected chi connectivity index (χ2v) is 7.91. The molecule has 4 rings (SSSR count). The third-order valence-electron chi connectivity index (χ3n) is 4.34. The fourth-order valence-corrected chi connectivity index (χ4v) is 4.45. The molecule has 2 aromatic carbocycles. The highest BCUT2D eigenvalue weighted by atomic mass is 35.5. The molecule has 9 heteroatoms. The van der Waals surface area contributed by atoms with Crippen molar-refractivity contribution in [2.45, 2.75) is 11.4 Å². The number of nitrogens with two attached hydrogens (primary N) is 1. The van der Waals surface area contributed by atoms with Crippen molar-refractivity contribution in [3.05, 3.63) is 72.9 Å². The van der Waals surface area contributed by atoms with Gasteiger partial charge >= 0.3 is 0 Å². The first-order valence-corrected chi connectivity index (χ1v) is 9.79. The van der Waals surface area contributed by atoms with Gasteiger partial charge in [0.1, 0.15) is 5.82 Å². The maximum absolute atomic E-state index is 13.9. The van der Waals surface area contributed by atoms with Gasteiger partial charge in [0.25, 0.3) is 10.0 Å². The monoisotopic (exact) mass is 420 g/mol. The van der Waals surface area contributed by atoms with Gasteiger partial charge in [-0.05, 0) is 30.3 Å². The van der Waals surface area contributed by atoms with Crippen LogP contribution in [0.3, 0.4) is 0 Å². The van der Waals surface area contributed by atoms with E-state index in [0.717, 1.165) is 9.54 Å². The standard InChI is InChI=1S/C19H17FN4O2S.ClH/c20-15-6-7-17-18(14-11-22-23(12-14)9-8-21)13-24(19(17)10-15)27(25,26)16-4-2-1-3-5-16;/h1-7,10-13H,8-9,21H2;1H. The first-order chi connectivity index (χ1) is 13.0. The predicted molar refractivity (Wildman–Crippen MR) is 108 cm³/mol. The molecule has 0 aliphatic rings. The van der Waals surface area contributed by atoms with E-state index >= 15 is 0 Å². The Balaban J connectivity index is 0.00000225. The van der Waals surface area contributed by atoms with E-state index in [1.807, 2.05) is 0 Å². The number of aromatic nitrogens is 3. The second-order valence-electron chi connectivity index (χ2n) is 6.10. The van der Waals surface area contributed by atoms with Crippen LogP contribution in [-0.2, 0) is 16.6 Å². The molecule has 0 aliphatic heterocycles. The quantitative estimate of drug-likeness (QED) is 0.537. The molecule has 2 N–H and O–H groups in total. The highest BCUT2D eigenvalue weighted by molar-refractivity contribution is 7.90. The lowest BCUT2D eigenvalue weighted by molar-refractivity contribution is 0.589. The van der Waals surface area contributed by atoms with E-state index in [1.54, 1.807) is 41.3 Å². The van der Waals surface area contributed by atoms with Crippen LogP contribution in [0.1, 0.15) is 0 Å². The Labute approximate surface area is 167 Å². The summed E-state index contributed by atoms with van der Waals surface area (Å²) in [6.07, 6.45) is 4.95. The highest BCUT2D eigenvalue weighted by Gasteiger charge is 2.22. The zero-order chi connectivity index (χ0) is 19.0. The Kier molecular flexibility index (Phi) is 5.55. The van der Waals surface area contributed by atoms with E-state index in [4.69, 9.17) is 5.73 Å². The Morgan fingerprint density at radius 3 is 2.54 bits per heavy atom. The molecule has 6 nitrogen and oxygen atoms in total. The summed E-state index contributed by atoms with van der Waals surface area (Å²) in [7, 11) is -3.87. The van der Waals surface area contributed by atoms with Crippen molar-refractivity contribution in [3.63, 3.8) is 0 Å². The molecule has 146 valence electrons. The third-order valence-corrected chi connectivity index (χ3v) is 6.02. The number of hydrogen-bond donors (Lipinski definition) is 1. The lowest BCUT2D eigenvalue weighted by Crippen LogP contribution is -2.11. The average molecular weight is 421 g/mol. The smallest absolute Gasteiger partial charge is 0.268 e. The van der Waals surface area contributed by atoms with Crippen molar-refractivity contribution in [2.24, 2.45) is 5.73 Å². The summed E-state index contributed by atoms with van der Waals surface area (Å²) in [5, 5.41) is 4.87. The van der Waals surface area contributed by atoms with Crippen molar-refractivity contribution < 1.29 is 12.8 Å². The molecule has 0 spiro atoms. The first-order valence-electron chi connectivity index (χ1n) is 8.35. The lowest BCUT2D eigenvalue weighted by Gasteiger charge is -2.07. The van der Waals surface area contributed by atoms with Crippen LogP contribution in [-0.4, -0.2) is 28.7 Å². The van der Waals surface area contributed by atoms with Gasteiger partial charge in [0, 0.05) is 35.5 Å². The first kappa shape index (κ1) is 20.1. The Bertz CT molecular complexity index is 1220. The Morgan fingerprint density at radius 1 is 1.07 bits per heavy atom. The maximum atomic E-state index is 13.9. The van der Waals surface area contributed by atoms with Crippen LogP contribution in [0.2, 0.25) is 0 Å². The fraction of sp³-hybridized carbons (Fsp3) is 0.105. The average Bonchev–Trinajstić information content (AvgIpc) is 3.27. The molecule has 0 saturated carbocycles. The largest absolute Gasteiger partial charge is 0.329 e. The molecule has 0 amide bonds. The molecule has 0 radical (unpaired) electrons. The van der Waals surface area contributed by atoms with Crippen LogP contribution in [0, 0.1) is 5.82 Å². The van der Waals surface area contributed by atoms with Crippen LogP contribution in [0.4, 0.5) is 4.39 Å². The van der Waals surface area contributed by atoms with Gasteiger partial charge in [-0.3, -0.25) is 4.68 Å². The number of fused-ring (bicyclic) bond motifs is 1. The van der Waals surface area contributed by atoms with Gasteiger partial charge in [-0.1, -0.05) is 18.2 Å². The van der Waals surface area contributed by atoms with Gasteiger partial charge in [-0.25, -0.2) is 16.8 Å². The summed E-state index contributed by atoms with van der Waals surface area (Å²) in [6.45, 7) is 0.992. The minimum absolute atomic E-state index is 0. The van der Waals surface area contributed by atoms with Crippen molar-refractivity contribution in [3.8, 4) is 11.1 Å². The summed E-state index contributed by atoms with van der Waals surface area (Å²) in [4.78, 5) is 0.136. The fourth-order valence-electron chi connectivity index (χ4n) is 3.06. The van der Waals surface area contributed by atoms with Crippen molar-refractivity contribution in [1.29, 1.82) is 0 Å². The number of halogens is 2. The summed E-state index contributed by atoms with van der Waals surface area (Å²) >= 11 is 0. The van der Waals surface area contributed by atoms with Crippen molar-refractivity contribution in [2.75, 3.05) is 6.54 Å². The zero-order valence-electron chi connectivity index (χ0n) is 14.7. The molecule has 0 aliphatic carbocycles. The molecular weight excluding hydrogens is 403 g/mol. The molecule has 0 atom stereocenters. The maximum Gasteiger partial charge on any atom is 0.268 e. The number of benzene rings is 2. The number of nitrogens with zero attached hydrogens (tertiary/aromatic N) is 3. The number of hydrogen-bond acceptors (Lipinski definition) is 4. The molecule has 0 saturated heterocycles. The minimum atomic E-state index is -3.87. The van der Waals surface area contributed by atoms with Gasteiger partial charge in [0.15, 0.2) is 0 Å². The van der Waals surface area contributed by atoms with Gasteiger partial charge in [0.05, 0.1) is 23.2 Å². The van der Waals surface area contributed by atoms with Crippen LogP contribution >= 0.6 is 12.4 Å². The molecule has 0 unspecified atom stereocenters. The van der Waals surface area contributed by atoms with Crippen LogP contribution in [0.5, 0.6) is 0 Å². The van der Waals surface area contributed by atoms with Crippen LogP contribution in [0.15, 0.2) is 72.0 Å². The highest BCUT2D eigenvalue weighted by Crippen LogP contribution is 2.33. The zero-order valence-corrected chi connectivity index (χ0v) is 16.3. The second kappa shape index (κ2) is 7.75. The normalized spacial score (nSPS) is 11.5. The molecular formula is C19H18ClFN4O2S. The number of rotatable bonds is 5. The summed E-state index contributed by atoms with van der Waals surface area (Å²) < 4.78 is 42.9. The van der Waals surface area contributed by atoms with Gasteiger partial charge < -0.3 is 5.73 Å². The third kappa shape index (κ3) is 3.42. The molecule has 2 aromatic heterocycles. The van der Waals surface area contributed by atoms with Crippen LogP contribution < -0.4 is 5.73 Å². The van der Waals surface area contributed by atoms with Gasteiger partial charge in [0.2, 0.25) is 0 Å². The molecule has 2 heterocycles. The van der Waals surface area contributed by atoms with E-state index in [9.17, 15) is 12.8 Å². The van der Waals surface area contributed by atoms with Gasteiger partial charge in [-0.2, -0.15) is 5.10 Å². The molecule has 0 fully saturated rings. The Morgan fingerprint density at radius 2 is 1.82 bits per heavy atom. The predicted octanol–water partition coefficient (Wildman–Crippen LogP) is 3.26. The van der Waals surface area contributed by atoms with E-state index < -0.39 is 15.8 Å². The molecule has 4 aromatic rings.